The van der Waals surface area contributed by atoms with Gasteiger partial charge in [0.15, 0.2) is 11.0 Å². The Kier molecular flexibility index (Phi) is 7.71. The lowest BCUT2D eigenvalue weighted by molar-refractivity contribution is -0.384. The number of ether oxygens (including phenoxy) is 1. The summed E-state index contributed by atoms with van der Waals surface area (Å²) in [5.41, 5.74) is 5.92. The highest BCUT2D eigenvalue weighted by atomic mass is 32.2. The van der Waals surface area contributed by atoms with Gasteiger partial charge in [-0.1, -0.05) is 41.6 Å². The Balaban J connectivity index is 1.48. The quantitative estimate of drug-likeness (QED) is 0.156. The molecule has 0 saturated carbocycles. The normalized spacial score (nSPS) is 10.9. The summed E-state index contributed by atoms with van der Waals surface area (Å²) >= 11 is 1.23. The smallest absolute Gasteiger partial charge is 0.269 e. The molecule has 4 rings (SSSR count). The Labute approximate surface area is 211 Å². The number of hydrogen-bond acceptors (Lipinski definition) is 8. The van der Waals surface area contributed by atoms with E-state index in [1.54, 1.807) is 19.2 Å². The Morgan fingerprint density at radius 3 is 2.42 bits per heavy atom. The second kappa shape index (κ2) is 11.3. The Hall–Kier alpha value is -4.51. The van der Waals surface area contributed by atoms with Crippen LogP contribution in [0.4, 0.5) is 5.69 Å². The van der Waals surface area contributed by atoms with Crippen molar-refractivity contribution in [1.82, 2.24) is 20.2 Å². The van der Waals surface area contributed by atoms with Gasteiger partial charge in [0.2, 0.25) is 0 Å². The van der Waals surface area contributed by atoms with E-state index in [4.69, 9.17) is 4.74 Å². The summed E-state index contributed by atoms with van der Waals surface area (Å²) in [7, 11) is 1.61. The average molecular weight is 503 g/mol. The number of thioether (sulfide) groups is 1. The number of aryl methyl sites for hydroxylation is 1. The number of non-ortho nitro benzene ring substituents is 1. The van der Waals surface area contributed by atoms with Gasteiger partial charge in [-0.15, -0.1) is 10.2 Å². The highest BCUT2D eigenvalue weighted by Gasteiger charge is 2.17. The topological polar surface area (TPSA) is 125 Å². The molecule has 0 aliphatic heterocycles. The minimum absolute atomic E-state index is 0.0152. The summed E-state index contributed by atoms with van der Waals surface area (Å²) in [4.78, 5) is 22.6. The minimum Gasteiger partial charge on any atom is -0.497 e. The molecule has 1 N–H and O–H groups in total. The first-order valence-electron chi connectivity index (χ1n) is 10.8. The third kappa shape index (κ3) is 5.94. The summed E-state index contributed by atoms with van der Waals surface area (Å²) in [6.07, 6.45) is 1.42. The maximum absolute atomic E-state index is 12.4. The van der Waals surface area contributed by atoms with Crippen LogP contribution in [0.3, 0.4) is 0 Å². The van der Waals surface area contributed by atoms with E-state index < -0.39 is 4.92 Å². The van der Waals surface area contributed by atoms with Gasteiger partial charge in [-0.25, -0.2) is 5.43 Å². The van der Waals surface area contributed by atoms with E-state index in [9.17, 15) is 14.9 Å². The molecule has 11 heteroatoms. The molecular formula is C25H22N6O4S. The monoisotopic (exact) mass is 502 g/mol. The van der Waals surface area contributed by atoms with Crippen molar-refractivity contribution in [3.8, 4) is 22.8 Å². The van der Waals surface area contributed by atoms with Gasteiger partial charge in [-0.3, -0.25) is 19.5 Å². The van der Waals surface area contributed by atoms with Gasteiger partial charge in [0.25, 0.3) is 11.6 Å². The van der Waals surface area contributed by atoms with Gasteiger partial charge in [-0.2, -0.15) is 5.10 Å². The van der Waals surface area contributed by atoms with Crippen molar-refractivity contribution < 1.29 is 14.5 Å². The summed E-state index contributed by atoms with van der Waals surface area (Å²) in [5, 5.41) is 23.9. The number of hydrazone groups is 1. The number of aromatic nitrogens is 3. The fourth-order valence-corrected chi connectivity index (χ4v) is 3.98. The molecule has 4 aromatic rings. The van der Waals surface area contributed by atoms with Gasteiger partial charge >= 0.3 is 0 Å². The van der Waals surface area contributed by atoms with Crippen molar-refractivity contribution >= 4 is 29.6 Å². The number of rotatable bonds is 9. The molecule has 0 saturated heterocycles. The molecule has 0 aliphatic carbocycles. The predicted molar refractivity (Wildman–Crippen MR) is 138 cm³/mol. The van der Waals surface area contributed by atoms with Gasteiger partial charge in [0.1, 0.15) is 5.75 Å². The summed E-state index contributed by atoms with van der Waals surface area (Å²) in [6, 6.07) is 21.3. The first kappa shape index (κ1) is 24.6. The molecule has 0 bridgehead atoms. The zero-order valence-corrected chi connectivity index (χ0v) is 20.3. The van der Waals surface area contributed by atoms with Crippen LogP contribution < -0.4 is 10.2 Å². The SMILES string of the molecule is COc1ccc(-n2c(SCC(=O)N/N=C\c3ccc([N+](=O)[O-])cc3)nnc2-c2ccc(C)cc2)cc1. The second-order valence-electron chi connectivity index (χ2n) is 7.64. The van der Waals surface area contributed by atoms with Crippen molar-refractivity contribution in [3.05, 3.63) is 94.0 Å². The number of nitro benzene ring substituents is 1. The number of carbonyl (C=O) groups is 1. The molecule has 0 aliphatic rings. The lowest BCUT2D eigenvalue weighted by Crippen LogP contribution is -2.20. The lowest BCUT2D eigenvalue weighted by Gasteiger charge is -2.11. The number of benzene rings is 3. The highest BCUT2D eigenvalue weighted by Crippen LogP contribution is 2.29. The van der Waals surface area contributed by atoms with E-state index >= 15 is 0 Å². The van der Waals surface area contributed by atoms with Crippen LogP contribution in [0, 0.1) is 17.0 Å². The molecule has 1 heterocycles. The van der Waals surface area contributed by atoms with E-state index in [0.717, 1.165) is 22.6 Å². The number of amides is 1. The fraction of sp³-hybridized carbons (Fsp3) is 0.120. The van der Waals surface area contributed by atoms with Crippen molar-refractivity contribution in [2.45, 2.75) is 12.1 Å². The van der Waals surface area contributed by atoms with Crippen LogP contribution in [-0.2, 0) is 4.79 Å². The molecule has 3 aromatic carbocycles. The molecule has 0 spiro atoms. The van der Waals surface area contributed by atoms with Gasteiger partial charge in [-0.05, 0) is 48.9 Å². The van der Waals surface area contributed by atoms with Crippen LogP contribution in [-0.4, -0.2) is 44.7 Å². The molecule has 0 unspecified atom stereocenters. The van der Waals surface area contributed by atoms with Gasteiger partial charge < -0.3 is 4.74 Å². The van der Waals surface area contributed by atoms with Crippen LogP contribution in [0.2, 0.25) is 0 Å². The number of hydrogen-bond donors (Lipinski definition) is 1. The molecule has 0 fully saturated rings. The average Bonchev–Trinajstić information content (AvgIpc) is 3.32. The summed E-state index contributed by atoms with van der Waals surface area (Å²) in [5.74, 6) is 1.10. The molecule has 1 amide bonds. The van der Waals surface area contributed by atoms with E-state index in [0.29, 0.717) is 16.5 Å². The molecular weight excluding hydrogens is 480 g/mol. The first-order chi connectivity index (χ1) is 17.4. The lowest BCUT2D eigenvalue weighted by atomic mass is 10.1. The van der Waals surface area contributed by atoms with E-state index in [1.165, 1.54) is 30.1 Å². The Bertz CT molecular complexity index is 1380. The van der Waals surface area contributed by atoms with Crippen LogP contribution in [0.1, 0.15) is 11.1 Å². The van der Waals surface area contributed by atoms with Crippen LogP contribution in [0.25, 0.3) is 17.1 Å². The Morgan fingerprint density at radius 2 is 1.78 bits per heavy atom. The molecule has 0 radical (unpaired) electrons. The van der Waals surface area contributed by atoms with Crippen molar-refractivity contribution in [1.29, 1.82) is 0 Å². The minimum atomic E-state index is -0.477. The number of methoxy groups -OCH3 is 1. The van der Waals surface area contributed by atoms with E-state index in [-0.39, 0.29) is 17.3 Å². The van der Waals surface area contributed by atoms with E-state index in [1.807, 2.05) is 60.0 Å². The molecule has 10 nitrogen and oxygen atoms in total. The maximum Gasteiger partial charge on any atom is 0.269 e. The standard InChI is InChI=1S/C25H22N6O4S/c1-17-3-7-19(8-4-17)24-28-29-25(30(24)20-11-13-22(35-2)14-12-20)36-16-23(32)27-26-15-18-5-9-21(10-6-18)31(33)34/h3-15H,16H2,1-2H3,(H,27,32)/b26-15-. The van der Waals surface area contributed by atoms with E-state index in [2.05, 4.69) is 20.7 Å². The van der Waals surface area contributed by atoms with Crippen molar-refractivity contribution in [3.63, 3.8) is 0 Å². The number of nitro groups is 1. The molecule has 0 atom stereocenters. The summed E-state index contributed by atoms with van der Waals surface area (Å²) in [6.45, 7) is 2.02. The second-order valence-corrected chi connectivity index (χ2v) is 8.58. The van der Waals surface area contributed by atoms with Crippen molar-refractivity contribution in [2.24, 2.45) is 5.10 Å². The predicted octanol–water partition coefficient (Wildman–Crippen LogP) is 4.40. The van der Waals surface area contributed by atoms with Crippen LogP contribution in [0.15, 0.2) is 83.1 Å². The molecule has 182 valence electrons. The molecule has 1 aromatic heterocycles. The third-order valence-electron chi connectivity index (χ3n) is 5.11. The number of carbonyl (C=O) groups excluding carboxylic acids is 1. The maximum atomic E-state index is 12.4. The Morgan fingerprint density at radius 1 is 1.08 bits per heavy atom. The zero-order chi connectivity index (χ0) is 25.5. The largest absolute Gasteiger partial charge is 0.497 e. The number of nitrogens with one attached hydrogen (secondary N) is 1. The van der Waals surface area contributed by atoms with Gasteiger partial charge in [0, 0.05) is 23.4 Å². The number of nitrogens with zero attached hydrogens (tertiary/aromatic N) is 5. The third-order valence-corrected chi connectivity index (χ3v) is 6.04. The van der Waals surface area contributed by atoms with Crippen molar-refractivity contribution in [2.75, 3.05) is 12.9 Å². The fourth-order valence-electron chi connectivity index (χ4n) is 3.24. The first-order valence-corrected chi connectivity index (χ1v) is 11.8. The molecule has 36 heavy (non-hydrogen) atoms. The van der Waals surface area contributed by atoms with Crippen LogP contribution >= 0.6 is 11.8 Å². The zero-order valence-electron chi connectivity index (χ0n) is 19.5. The highest BCUT2D eigenvalue weighted by molar-refractivity contribution is 7.99. The van der Waals surface area contributed by atoms with Gasteiger partial charge in [0.05, 0.1) is 24.0 Å². The summed E-state index contributed by atoms with van der Waals surface area (Å²) < 4.78 is 7.16. The van der Waals surface area contributed by atoms with Crippen LogP contribution in [0.5, 0.6) is 5.75 Å².